The predicted octanol–water partition coefficient (Wildman–Crippen LogP) is 3.69. The van der Waals surface area contributed by atoms with Crippen molar-refractivity contribution in [1.29, 1.82) is 0 Å². The maximum Gasteiger partial charge on any atom is 0.196 e. The molecule has 0 aromatic heterocycles. The molecule has 0 spiro atoms. The van der Waals surface area contributed by atoms with Crippen LogP contribution in [0.5, 0.6) is 23.0 Å². The van der Waals surface area contributed by atoms with Crippen LogP contribution in [-0.2, 0) is 6.54 Å². The third kappa shape index (κ3) is 5.45. The highest BCUT2D eigenvalue weighted by atomic mass is 16.5. The van der Waals surface area contributed by atoms with Crippen molar-refractivity contribution in [3.05, 3.63) is 42.0 Å². The molecule has 0 bridgehead atoms. The van der Waals surface area contributed by atoms with Crippen molar-refractivity contribution in [3.8, 4) is 23.0 Å². The van der Waals surface area contributed by atoms with Crippen LogP contribution in [0.3, 0.4) is 0 Å². The number of methoxy groups -OCH3 is 3. The van der Waals surface area contributed by atoms with Crippen molar-refractivity contribution >= 4 is 11.6 Å². The summed E-state index contributed by atoms with van der Waals surface area (Å²) in [6.45, 7) is 5.68. The summed E-state index contributed by atoms with van der Waals surface area (Å²) in [6.07, 6.45) is 0. The van der Waals surface area contributed by atoms with Gasteiger partial charge in [0.15, 0.2) is 29.0 Å². The molecule has 0 saturated carbocycles. The monoisotopic (exact) mass is 387 g/mol. The molecule has 7 heteroatoms. The zero-order chi connectivity index (χ0) is 20.4. The number of ether oxygens (including phenoxy) is 4. The van der Waals surface area contributed by atoms with Gasteiger partial charge in [0.25, 0.3) is 0 Å². The Hall–Kier alpha value is -3.09. The van der Waals surface area contributed by atoms with E-state index in [4.69, 9.17) is 18.9 Å². The fourth-order valence-corrected chi connectivity index (χ4v) is 2.71. The van der Waals surface area contributed by atoms with Crippen LogP contribution in [-0.4, -0.2) is 40.4 Å². The lowest BCUT2D eigenvalue weighted by atomic mass is 10.2. The van der Waals surface area contributed by atoms with E-state index < -0.39 is 0 Å². The molecule has 0 saturated heterocycles. The molecule has 2 rings (SSSR count). The van der Waals surface area contributed by atoms with Gasteiger partial charge in [0, 0.05) is 23.9 Å². The van der Waals surface area contributed by atoms with Crippen molar-refractivity contribution in [2.45, 2.75) is 20.4 Å². The zero-order valence-electron chi connectivity index (χ0n) is 17.2. The second kappa shape index (κ2) is 10.9. The molecule has 152 valence electrons. The smallest absolute Gasteiger partial charge is 0.196 e. The van der Waals surface area contributed by atoms with E-state index in [0.717, 1.165) is 17.8 Å². The number of para-hydroxylation sites is 1. The minimum absolute atomic E-state index is 0.435. The normalized spacial score (nSPS) is 11.0. The second-order valence-electron chi connectivity index (χ2n) is 5.77. The molecule has 0 aliphatic heterocycles. The Kier molecular flexibility index (Phi) is 8.27. The minimum atomic E-state index is 0.435. The average Bonchev–Trinajstić information content (AvgIpc) is 2.72. The van der Waals surface area contributed by atoms with Gasteiger partial charge in [-0.25, -0.2) is 4.99 Å². The van der Waals surface area contributed by atoms with E-state index in [0.29, 0.717) is 42.1 Å². The van der Waals surface area contributed by atoms with E-state index in [-0.39, 0.29) is 0 Å². The van der Waals surface area contributed by atoms with Crippen LogP contribution >= 0.6 is 0 Å². The van der Waals surface area contributed by atoms with Crippen LogP contribution in [0.15, 0.2) is 41.4 Å². The topological polar surface area (TPSA) is 73.3 Å². The maximum absolute atomic E-state index is 5.64. The maximum atomic E-state index is 5.64. The summed E-state index contributed by atoms with van der Waals surface area (Å²) in [5.41, 5.74) is 1.78. The van der Waals surface area contributed by atoms with E-state index in [1.165, 1.54) is 0 Å². The zero-order valence-corrected chi connectivity index (χ0v) is 17.2. The lowest BCUT2D eigenvalue weighted by Gasteiger charge is -2.15. The first-order valence-corrected chi connectivity index (χ1v) is 9.22. The molecule has 2 aromatic rings. The summed E-state index contributed by atoms with van der Waals surface area (Å²) < 4.78 is 21.8. The first kappa shape index (κ1) is 21.2. The summed E-state index contributed by atoms with van der Waals surface area (Å²) >= 11 is 0. The van der Waals surface area contributed by atoms with Crippen molar-refractivity contribution in [2.24, 2.45) is 4.99 Å². The van der Waals surface area contributed by atoms with Crippen LogP contribution in [0.1, 0.15) is 19.4 Å². The molecule has 0 fully saturated rings. The number of nitrogens with one attached hydrogen (secondary N) is 2. The van der Waals surface area contributed by atoms with Gasteiger partial charge in [0.1, 0.15) is 0 Å². The Labute approximate surface area is 166 Å². The van der Waals surface area contributed by atoms with Gasteiger partial charge in [0.05, 0.1) is 34.5 Å². The number of aliphatic imine (C=N–C) groups is 1. The van der Waals surface area contributed by atoms with E-state index in [2.05, 4.69) is 15.6 Å². The third-order valence-corrected chi connectivity index (χ3v) is 3.96. The minimum Gasteiger partial charge on any atom is -0.493 e. The fraction of sp³-hybridized carbons (Fsp3) is 0.381. The molecule has 0 aliphatic rings. The van der Waals surface area contributed by atoms with E-state index in [9.17, 15) is 0 Å². The first-order valence-electron chi connectivity index (χ1n) is 9.22. The Morgan fingerprint density at radius 1 is 0.929 bits per heavy atom. The van der Waals surface area contributed by atoms with E-state index in [1.54, 1.807) is 21.3 Å². The number of rotatable bonds is 9. The third-order valence-electron chi connectivity index (χ3n) is 3.96. The summed E-state index contributed by atoms with van der Waals surface area (Å²) in [5, 5.41) is 6.54. The molecular formula is C21H29N3O4. The number of nitrogens with zero attached hydrogens (tertiary/aromatic N) is 1. The predicted molar refractivity (Wildman–Crippen MR) is 112 cm³/mol. The van der Waals surface area contributed by atoms with Crippen LogP contribution < -0.4 is 29.6 Å². The van der Waals surface area contributed by atoms with Gasteiger partial charge in [-0.05, 0) is 32.0 Å². The number of hydrogen-bond donors (Lipinski definition) is 2. The van der Waals surface area contributed by atoms with Gasteiger partial charge in [-0.2, -0.15) is 0 Å². The quantitative estimate of drug-likeness (QED) is 0.505. The van der Waals surface area contributed by atoms with Crippen LogP contribution in [0.4, 0.5) is 5.69 Å². The SMILES string of the molecule is CCNC(=NCc1cccc(OC)c1OC)Nc1ccc(OC)c(OCC)c1. The summed E-state index contributed by atoms with van der Waals surface area (Å²) in [4.78, 5) is 4.67. The van der Waals surface area contributed by atoms with Gasteiger partial charge < -0.3 is 29.6 Å². The fourth-order valence-electron chi connectivity index (χ4n) is 2.71. The molecule has 0 radical (unpaired) electrons. The summed E-state index contributed by atoms with van der Waals surface area (Å²) in [6, 6.07) is 11.4. The van der Waals surface area contributed by atoms with Crippen LogP contribution in [0, 0.1) is 0 Å². The number of hydrogen-bond acceptors (Lipinski definition) is 5. The molecule has 0 unspecified atom stereocenters. The molecule has 2 aromatic carbocycles. The molecule has 0 amide bonds. The van der Waals surface area contributed by atoms with Gasteiger partial charge in [0.2, 0.25) is 0 Å². The molecule has 0 aliphatic carbocycles. The van der Waals surface area contributed by atoms with Crippen LogP contribution in [0.25, 0.3) is 0 Å². The molecule has 7 nitrogen and oxygen atoms in total. The lowest BCUT2D eigenvalue weighted by molar-refractivity contribution is 0.311. The highest BCUT2D eigenvalue weighted by molar-refractivity contribution is 5.94. The van der Waals surface area contributed by atoms with Crippen LogP contribution in [0.2, 0.25) is 0 Å². The number of anilines is 1. The highest BCUT2D eigenvalue weighted by Gasteiger charge is 2.10. The number of guanidine groups is 1. The molecule has 0 heterocycles. The Balaban J connectivity index is 2.23. The molecule has 0 atom stereocenters. The van der Waals surface area contributed by atoms with Crippen molar-refractivity contribution < 1.29 is 18.9 Å². The average molecular weight is 387 g/mol. The van der Waals surface area contributed by atoms with Crippen molar-refractivity contribution in [2.75, 3.05) is 39.8 Å². The van der Waals surface area contributed by atoms with Gasteiger partial charge in [-0.3, -0.25) is 0 Å². The molecular weight excluding hydrogens is 358 g/mol. The Morgan fingerprint density at radius 2 is 1.71 bits per heavy atom. The number of benzene rings is 2. The second-order valence-corrected chi connectivity index (χ2v) is 5.77. The highest BCUT2D eigenvalue weighted by Crippen LogP contribution is 2.32. The standard InChI is InChI=1S/C21H29N3O4/c1-6-22-21(23-14-15-9-8-10-18(26-4)20(15)27-5)24-16-11-12-17(25-3)19(13-16)28-7-2/h8-13H,6-7,14H2,1-5H3,(H2,22,23,24). The van der Waals surface area contributed by atoms with Gasteiger partial charge >= 0.3 is 0 Å². The first-order chi connectivity index (χ1) is 13.7. The molecule has 2 N–H and O–H groups in total. The van der Waals surface area contributed by atoms with E-state index in [1.807, 2.05) is 50.2 Å². The molecule has 28 heavy (non-hydrogen) atoms. The summed E-state index contributed by atoms with van der Waals surface area (Å²) in [7, 11) is 4.87. The van der Waals surface area contributed by atoms with Gasteiger partial charge in [-0.15, -0.1) is 0 Å². The Bertz CT molecular complexity index is 793. The largest absolute Gasteiger partial charge is 0.493 e. The Morgan fingerprint density at radius 3 is 2.36 bits per heavy atom. The van der Waals surface area contributed by atoms with Gasteiger partial charge in [-0.1, -0.05) is 12.1 Å². The van der Waals surface area contributed by atoms with E-state index >= 15 is 0 Å². The summed E-state index contributed by atoms with van der Waals surface area (Å²) in [5.74, 6) is 3.40. The van der Waals surface area contributed by atoms with Crippen molar-refractivity contribution in [3.63, 3.8) is 0 Å². The lowest BCUT2D eigenvalue weighted by Crippen LogP contribution is -2.30. The van der Waals surface area contributed by atoms with Crippen molar-refractivity contribution in [1.82, 2.24) is 5.32 Å².